The molecule has 0 spiro atoms. The molecule has 4 heteroatoms. The van der Waals surface area contributed by atoms with Crippen LogP contribution in [0.15, 0.2) is 24.3 Å². The van der Waals surface area contributed by atoms with Gasteiger partial charge in [0.1, 0.15) is 5.75 Å². The van der Waals surface area contributed by atoms with E-state index in [4.69, 9.17) is 0 Å². The van der Waals surface area contributed by atoms with Gasteiger partial charge in [0.2, 0.25) is 5.91 Å². The van der Waals surface area contributed by atoms with Gasteiger partial charge in [-0.2, -0.15) is 0 Å². The fourth-order valence-corrected chi connectivity index (χ4v) is 2.56. The van der Waals surface area contributed by atoms with Crippen LogP contribution in [0.25, 0.3) is 0 Å². The molecule has 1 aliphatic heterocycles. The number of benzene rings is 1. The lowest BCUT2D eigenvalue weighted by atomic mass is 10.1. The number of rotatable bonds is 2. The fourth-order valence-electron chi connectivity index (χ4n) is 2.56. The number of likely N-dealkylation sites (N-methyl/N-ethyl adjacent to an activating group) is 1. The van der Waals surface area contributed by atoms with Crippen LogP contribution in [0.2, 0.25) is 0 Å². The van der Waals surface area contributed by atoms with Gasteiger partial charge in [-0.25, -0.2) is 0 Å². The van der Waals surface area contributed by atoms with Gasteiger partial charge in [-0.1, -0.05) is 12.1 Å². The summed E-state index contributed by atoms with van der Waals surface area (Å²) in [6.45, 7) is 5.84. The third kappa shape index (κ3) is 3.26. The van der Waals surface area contributed by atoms with E-state index in [9.17, 15) is 9.90 Å². The summed E-state index contributed by atoms with van der Waals surface area (Å²) in [5.74, 6) is 0.350. The Labute approximate surface area is 114 Å². The minimum Gasteiger partial charge on any atom is -0.508 e. The average molecular weight is 262 g/mol. The topological polar surface area (TPSA) is 43.8 Å². The Kier molecular flexibility index (Phi) is 4.10. The molecular weight excluding hydrogens is 240 g/mol. The maximum absolute atomic E-state index is 12.3. The predicted octanol–water partition coefficient (Wildman–Crippen LogP) is 1.49. The number of hydrogen-bond acceptors (Lipinski definition) is 3. The van der Waals surface area contributed by atoms with Crippen LogP contribution in [-0.2, 0) is 11.2 Å². The Hall–Kier alpha value is -1.55. The van der Waals surface area contributed by atoms with Gasteiger partial charge in [0.05, 0.1) is 6.42 Å². The molecule has 4 nitrogen and oxygen atoms in total. The Morgan fingerprint density at radius 1 is 1.32 bits per heavy atom. The molecule has 1 fully saturated rings. The number of phenols is 1. The van der Waals surface area contributed by atoms with Crippen LogP contribution in [0, 0.1) is 0 Å². The van der Waals surface area contributed by atoms with Crippen molar-refractivity contribution < 1.29 is 9.90 Å². The van der Waals surface area contributed by atoms with Crippen molar-refractivity contribution in [2.45, 2.75) is 32.4 Å². The number of phenolic OH excluding ortho intramolecular Hbond substituents is 1. The summed E-state index contributed by atoms with van der Waals surface area (Å²) < 4.78 is 0. The zero-order valence-corrected chi connectivity index (χ0v) is 11.8. The molecule has 0 saturated carbocycles. The van der Waals surface area contributed by atoms with E-state index < -0.39 is 0 Å². The molecule has 0 aromatic heterocycles. The van der Waals surface area contributed by atoms with Gasteiger partial charge in [0.15, 0.2) is 0 Å². The molecule has 2 unspecified atom stereocenters. The minimum atomic E-state index is 0.136. The minimum absolute atomic E-state index is 0.136. The lowest BCUT2D eigenvalue weighted by Crippen LogP contribution is -2.56. The van der Waals surface area contributed by atoms with Gasteiger partial charge in [-0.3, -0.25) is 9.69 Å². The van der Waals surface area contributed by atoms with Crippen LogP contribution >= 0.6 is 0 Å². The van der Waals surface area contributed by atoms with Crippen molar-refractivity contribution in [3.8, 4) is 5.75 Å². The van der Waals surface area contributed by atoms with E-state index in [2.05, 4.69) is 25.8 Å². The summed E-state index contributed by atoms with van der Waals surface area (Å²) in [5.41, 5.74) is 0.865. The lowest BCUT2D eigenvalue weighted by molar-refractivity contribution is -0.134. The van der Waals surface area contributed by atoms with Crippen LogP contribution < -0.4 is 0 Å². The van der Waals surface area contributed by atoms with E-state index in [-0.39, 0.29) is 11.7 Å². The highest BCUT2D eigenvalue weighted by Gasteiger charge is 2.29. The maximum Gasteiger partial charge on any atom is 0.227 e. The van der Waals surface area contributed by atoms with E-state index in [0.717, 1.165) is 18.7 Å². The summed E-state index contributed by atoms with van der Waals surface area (Å²) in [4.78, 5) is 16.5. The highest BCUT2D eigenvalue weighted by atomic mass is 16.3. The molecule has 1 amide bonds. The molecule has 0 radical (unpaired) electrons. The summed E-state index contributed by atoms with van der Waals surface area (Å²) in [6, 6.07) is 7.69. The summed E-state index contributed by atoms with van der Waals surface area (Å²) in [5, 5.41) is 9.42. The molecule has 1 saturated heterocycles. The average Bonchev–Trinajstić information content (AvgIpc) is 2.35. The van der Waals surface area contributed by atoms with Gasteiger partial charge < -0.3 is 10.0 Å². The van der Waals surface area contributed by atoms with Crippen molar-refractivity contribution in [1.29, 1.82) is 0 Å². The first kappa shape index (κ1) is 13.9. The molecule has 1 aromatic rings. The zero-order chi connectivity index (χ0) is 14.0. The first-order chi connectivity index (χ1) is 8.97. The molecule has 1 aliphatic rings. The van der Waals surface area contributed by atoms with Crippen molar-refractivity contribution in [2.75, 3.05) is 20.1 Å². The van der Waals surface area contributed by atoms with E-state index in [1.165, 1.54) is 0 Å². The molecule has 0 aliphatic carbocycles. The molecule has 1 aromatic carbocycles. The van der Waals surface area contributed by atoms with Crippen molar-refractivity contribution in [2.24, 2.45) is 0 Å². The van der Waals surface area contributed by atoms with E-state index in [1.54, 1.807) is 18.2 Å². The van der Waals surface area contributed by atoms with Gasteiger partial charge in [-0.05, 0) is 38.6 Å². The second-order valence-electron chi connectivity index (χ2n) is 5.51. The van der Waals surface area contributed by atoms with Gasteiger partial charge >= 0.3 is 0 Å². The first-order valence-electron chi connectivity index (χ1n) is 6.75. The summed E-state index contributed by atoms with van der Waals surface area (Å²) in [7, 11) is 2.10. The maximum atomic E-state index is 12.3. The number of amides is 1. The highest BCUT2D eigenvalue weighted by molar-refractivity contribution is 5.79. The van der Waals surface area contributed by atoms with Gasteiger partial charge in [0, 0.05) is 25.2 Å². The second-order valence-corrected chi connectivity index (χ2v) is 5.51. The molecule has 19 heavy (non-hydrogen) atoms. The Morgan fingerprint density at radius 3 is 2.53 bits per heavy atom. The Bertz CT molecular complexity index is 449. The summed E-state index contributed by atoms with van der Waals surface area (Å²) >= 11 is 0. The van der Waals surface area contributed by atoms with Crippen LogP contribution in [-0.4, -0.2) is 53.0 Å². The lowest BCUT2D eigenvalue weighted by Gasteiger charge is -2.42. The third-order valence-corrected chi connectivity index (χ3v) is 3.98. The van der Waals surface area contributed by atoms with E-state index in [0.29, 0.717) is 18.5 Å². The zero-order valence-electron chi connectivity index (χ0n) is 11.8. The Balaban J connectivity index is 2.00. The molecule has 104 valence electrons. The smallest absolute Gasteiger partial charge is 0.227 e. The monoisotopic (exact) mass is 262 g/mol. The highest BCUT2D eigenvalue weighted by Crippen LogP contribution is 2.16. The predicted molar refractivity (Wildman–Crippen MR) is 75.1 cm³/mol. The number of hydrogen-bond donors (Lipinski definition) is 1. The molecule has 2 atom stereocenters. The van der Waals surface area contributed by atoms with Gasteiger partial charge in [-0.15, -0.1) is 0 Å². The quantitative estimate of drug-likeness (QED) is 0.878. The number of carbonyl (C=O) groups excluding carboxylic acids is 1. The van der Waals surface area contributed by atoms with Crippen LogP contribution in [0.4, 0.5) is 0 Å². The molecule has 1 N–H and O–H groups in total. The number of carbonyl (C=O) groups is 1. The fraction of sp³-hybridized carbons (Fsp3) is 0.533. The van der Waals surface area contributed by atoms with Crippen molar-refractivity contribution in [3.05, 3.63) is 29.8 Å². The normalized spacial score (nSPS) is 24.5. The first-order valence-corrected chi connectivity index (χ1v) is 6.75. The number of aromatic hydroxyl groups is 1. The van der Waals surface area contributed by atoms with E-state index >= 15 is 0 Å². The van der Waals surface area contributed by atoms with Crippen molar-refractivity contribution >= 4 is 5.91 Å². The standard InChI is InChI=1S/C15H22N2O2/c1-11-9-17(10-12(2)16(11)3)15(19)8-13-5-4-6-14(18)7-13/h4-7,11-12,18H,8-10H2,1-3H3. The van der Waals surface area contributed by atoms with E-state index in [1.807, 2.05) is 11.0 Å². The SMILES string of the molecule is CC1CN(C(=O)Cc2cccc(O)c2)CC(C)N1C. The largest absolute Gasteiger partial charge is 0.508 e. The van der Waals surface area contributed by atoms with Gasteiger partial charge in [0.25, 0.3) is 0 Å². The van der Waals surface area contributed by atoms with Crippen LogP contribution in [0.5, 0.6) is 5.75 Å². The number of piperazine rings is 1. The van der Waals surface area contributed by atoms with Crippen LogP contribution in [0.1, 0.15) is 19.4 Å². The van der Waals surface area contributed by atoms with Crippen molar-refractivity contribution in [1.82, 2.24) is 9.80 Å². The summed E-state index contributed by atoms with van der Waals surface area (Å²) in [6.07, 6.45) is 0.359. The van der Waals surface area contributed by atoms with Crippen molar-refractivity contribution in [3.63, 3.8) is 0 Å². The third-order valence-electron chi connectivity index (χ3n) is 3.98. The second kappa shape index (κ2) is 5.61. The molecule has 0 bridgehead atoms. The molecule has 1 heterocycles. The molecular formula is C15H22N2O2. The molecule has 2 rings (SSSR count). The Morgan fingerprint density at radius 2 is 1.95 bits per heavy atom. The van der Waals surface area contributed by atoms with Crippen LogP contribution in [0.3, 0.4) is 0 Å². The number of nitrogens with zero attached hydrogens (tertiary/aromatic N) is 2.